The van der Waals surface area contributed by atoms with E-state index in [4.69, 9.17) is 11.6 Å². The third-order valence-electron chi connectivity index (χ3n) is 4.56. The van der Waals surface area contributed by atoms with Crippen molar-refractivity contribution in [1.82, 2.24) is 0 Å². The van der Waals surface area contributed by atoms with Crippen LogP contribution in [0.2, 0.25) is 5.02 Å². The van der Waals surface area contributed by atoms with Crippen molar-refractivity contribution in [2.75, 3.05) is 0 Å². The standard InChI is InChI=1S/C16H20BrClO2/c1-15(2)5-7-16(8-6-15,14(19)20)10-11-3-4-12(17)9-13(11)18/h3-4,9H,5-8,10H2,1-2H3,(H,19,20). The van der Waals surface area contributed by atoms with Gasteiger partial charge in [-0.05, 0) is 55.2 Å². The molecule has 20 heavy (non-hydrogen) atoms. The van der Waals surface area contributed by atoms with Gasteiger partial charge in [-0.15, -0.1) is 0 Å². The van der Waals surface area contributed by atoms with Crippen LogP contribution >= 0.6 is 27.5 Å². The quantitative estimate of drug-likeness (QED) is 0.793. The Balaban J connectivity index is 2.24. The average molecular weight is 360 g/mol. The molecule has 1 aliphatic carbocycles. The monoisotopic (exact) mass is 358 g/mol. The molecular formula is C16H20BrClO2. The fourth-order valence-electron chi connectivity index (χ4n) is 2.90. The number of carboxylic acid groups (broad SMARTS) is 1. The minimum atomic E-state index is -0.688. The van der Waals surface area contributed by atoms with Crippen LogP contribution in [-0.2, 0) is 11.2 Å². The van der Waals surface area contributed by atoms with Crippen molar-refractivity contribution in [2.45, 2.75) is 46.0 Å². The highest BCUT2D eigenvalue weighted by atomic mass is 79.9. The first-order valence-electron chi connectivity index (χ1n) is 6.92. The van der Waals surface area contributed by atoms with Gasteiger partial charge in [-0.25, -0.2) is 0 Å². The third-order valence-corrected chi connectivity index (χ3v) is 5.40. The van der Waals surface area contributed by atoms with E-state index in [1.165, 1.54) is 0 Å². The van der Waals surface area contributed by atoms with Gasteiger partial charge in [-0.3, -0.25) is 4.79 Å². The zero-order valence-corrected chi connectivity index (χ0v) is 14.2. The van der Waals surface area contributed by atoms with E-state index in [9.17, 15) is 9.90 Å². The molecule has 0 aliphatic heterocycles. The summed E-state index contributed by atoms with van der Waals surface area (Å²) in [6.45, 7) is 4.43. The summed E-state index contributed by atoms with van der Waals surface area (Å²) in [7, 11) is 0. The smallest absolute Gasteiger partial charge is 0.309 e. The van der Waals surface area contributed by atoms with Gasteiger partial charge in [0.2, 0.25) is 0 Å². The van der Waals surface area contributed by atoms with Crippen LogP contribution in [0, 0.1) is 10.8 Å². The number of rotatable bonds is 3. The molecule has 1 saturated carbocycles. The van der Waals surface area contributed by atoms with E-state index >= 15 is 0 Å². The van der Waals surface area contributed by atoms with Crippen molar-refractivity contribution < 1.29 is 9.90 Å². The van der Waals surface area contributed by atoms with E-state index < -0.39 is 11.4 Å². The molecule has 1 N–H and O–H groups in total. The van der Waals surface area contributed by atoms with Crippen LogP contribution in [-0.4, -0.2) is 11.1 Å². The molecule has 0 saturated heterocycles. The molecule has 4 heteroatoms. The molecule has 2 rings (SSSR count). The number of hydrogen-bond donors (Lipinski definition) is 1. The normalized spacial score (nSPS) is 20.6. The van der Waals surface area contributed by atoms with Crippen LogP contribution in [0.25, 0.3) is 0 Å². The summed E-state index contributed by atoms with van der Waals surface area (Å²) in [5, 5.41) is 10.4. The molecule has 2 nitrogen and oxygen atoms in total. The average Bonchev–Trinajstić information content (AvgIpc) is 2.35. The molecule has 0 aromatic heterocycles. The second-order valence-electron chi connectivity index (χ2n) is 6.66. The van der Waals surface area contributed by atoms with Crippen molar-refractivity contribution in [3.8, 4) is 0 Å². The summed E-state index contributed by atoms with van der Waals surface area (Å²) in [5.41, 5.74) is 0.520. The molecule has 1 aromatic carbocycles. The molecular weight excluding hydrogens is 340 g/mol. The Morgan fingerprint density at radius 1 is 1.30 bits per heavy atom. The number of carbonyl (C=O) groups is 1. The fourth-order valence-corrected chi connectivity index (χ4v) is 3.64. The van der Waals surface area contributed by atoms with Gasteiger partial charge in [0, 0.05) is 9.50 Å². The maximum Gasteiger partial charge on any atom is 0.309 e. The van der Waals surface area contributed by atoms with Gasteiger partial charge in [0.25, 0.3) is 0 Å². The lowest BCUT2D eigenvalue weighted by atomic mass is 9.63. The van der Waals surface area contributed by atoms with Crippen LogP contribution in [0.5, 0.6) is 0 Å². The third kappa shape index (κ3) is 3.37. The number of halogens is 2. The van der Waals surface area contributed by atoms with E-state index in [1.54, 1.807) is 0 Å². The molecule has 0 unspecified atom stereocenters. The minimum absolute atomic E-state index is 0.252. The Kier molecular flexibility index (Phi) is 4.50. The van der Waals surface area contributed by atoms with Crippen LogP contribution in [0.3, 0.4) is 0 Å². The zero-order chi connectivity index (χ0) is 15.0. The number of benzene rings is 1. The maximum absolute atomic E-state index is 11.8. The number of carboxylic acids is 1. The van der Waals surface area contributed by atoms with Crippen LogP contribution in [0.15, 0.2) is 22.7 Å². The first kappa shape index (κ1) is 15.8. The summed E-state index contributed by atoms with van der Waals surface area (Å²) < 4.78 is 0.917. The van der Waals surface area contributed by atoms with E-state index in [1.807, 2.05) is 18.2 Å². The Hall–Kier alpha value is -0.540. The van der Waals surface area contributed by atoms with Gasteiger partial charge >= 0.3 is 5.97 Å². The Bertz CT molecular complexity index is 515. The molecule has 0 bridgehead atoms. The van der Waals surface area contributed by atoms with E-state index in [0.29, 0.717) is 11.4 Å². The summed E-state index contributed by atoms with van der Waals surface area (Å²) in [5.74, 6) is -0.688. The molecule has 0 amide bonds. The fraction of sp³-hybridized carbons (Fsp3) is 0.562. The van der Waals surface area contributed by atoms with Crippen LogP contribution in [0.1, 0.15) is 45.1 Å². The summed E-state index contributed by atoms with van der Waals surface area (Å²) in [6.07, 6.45) is 3.87. The molecule has 1 aliphatic rings. The minimum Gasteiger partial charge on any atom is -0.481 e. The Labute approximate surface area is 133 Å². The molecule has 110 valence electrons. The first-order chi connectivity index (χ1) is 9.24. The first-order valence-corrected chi connectivity index (χ1v) is 8.09. The highest BCUT2D eigenvalue weighted by molar-refractivity contribution is 9.10. The Morgan fingerprint density at radius 2 is 1.90 bits per heavy atom. The lowest BCUT2D eigenvalue weighted by molar-refractivity contribution is -0.152. The predicted molar refractivity (Wildman–Crippen MR) is 85.2 cm³/mol. The van der Waals surface area contributed by atoms with Crippen molar-refractivity contribution in [1.29, 1.82) is 0 Å². The van der Waals surface area contributed by atoms with Crippen LogP contribution < -0.4 is 0 Å². The SMILES string of the molecule is CC1(C)CCC(Cc2ccc(Br)cc2Cl)(C(=O)O)CC1. The maximum atomic E-state index is 11.8. The highest BCUT2D eigenvalue weighted by Crippen LogP contribution is 2.47. The molecule has 0 heterocycles. The van der Waals surface area contributed by atoms with Gasteiger partial charge in [0.1, 0.15) is 0 Å². The lowest BCUT2D eigenvalue weighted by Crippen LogP contribution is -2.39. The van der Waals surface area contributed by atoms with Crippen molar-refractivity contribution in [3.05, 3.63) is 33.3 Å². The summed E-state index contributed by atoms with van der Waals surface area (Å²) >= 11 is 9.63. The van der Waals surface area contributed by atoms with E-state index in [2.05, 4.69) is 29.8 Å². The van der Waals surface area contributed by atoms with Crippen molar-refractivity contribution >= 4 is 33.5 Å². The van der Waals surface area contributed by atoms with Gasteiger partial charge in [-0.1, -0.05) is 47.4 Å². The van der Waals surface area contributed by atoms with E-state index in [0.717, 1.165) is 35.7 Å². The van der Waals surface area contributed by atoms with E-state index in [-0.39, 0.29) is 5.41 Å². The van der Waals surface area contributed by atoms with Crippen LogP contribution in [0.4, 0.5) is 0 Å². The second-order valence-corrected chi connectivity index (χ2v) is 7.99. The van der Waals surface area contributed by atoms with Gasteiger partial charge < -0.3 is 5.11 Å². The summed E-state index contributed by atoms with van der Waals surface area (Å²) in [6, 6.07) is 5.68. The molecule has 0 radical (unpaired) electrons. The lowest BCUT2D eigenvalue weighted by Gasteiger charge is -2.41. The predicted octanol–water partition coefficient (Wildman–Crippen LogP) is 5.32. The molecule has 1 fully saturated rings. The van der Waals surface area contributed by atoms with Crippen molar-refractivity contribution in [3.63, 3.8) is 0 Å². The topological polar surface area (TPSA) is 37.3 Å². The van der Waals surface area contributed by atoms with Crippen molar-refractivity contribution in [2.24, 2.45) is 10.8 Å². The molecule has 0 atom stereocenters. The van der Waals surface area contributed by atoms with Gasteiger partial charge in [0.05, 0.1) is 5.41 Å². The second kappa shape index (κ2) is 5.69. The highest BCUT2D eigenvalue weighted by Gasteiger charge is 2.44. The number of aliphatic carboxylic acids is 1. The zero-order valence-electron chi connectivity index (χ0n) is 11.9. The molecule has 1 aromatic rings. The summed E-state index contributed by atoms with van der Waals surface area (Å²) in [4.78, 5) is 11.8. The largest absolute Gasteiger partial charge is 0.481 e. The number of hydrogen-bond acceptors (Lipinski definition) is 1. The Morgan fingerprint density at radius 3 is 2.40 bits per heavy atom. The molecule has 0 spiro atoms. The van der Waals surface area contributed by atoms with Gasteiger partial charge in [-0.2, -0.15) is 0 Å². The van der Waals surface area contributed by atoms with Gasteiger partial charge in [0.15, 0.2) is 0 Å².